The molecule has 0 aliphatic rings. The number of carbonyl (C=O) groups excluding carboxylic acids is 1. The van der Waals surface area contributed by atoms with Gasteiger partial charge in [-0.2, -0.15) is 0 Å². The summed E-state index contributed by atoms with van der Waals surface area (Å²) >= 11 is 0. The van der Waals surface area contributed by atoms with Gasteiger partial charge in [0.1, 0.15) is 17.2 Å². The molecule has 0 aromatic heterocycles. The van der Waals surface area contributed by atoms with E-state index in [9.17, 15) is 18.0 Å². The van der Waals surface area contributed by atoms with E-state index in [2.05, 4.69) is 10.1 Å². The zero-order valence-corrected chi connectivity index (χ0v) is 14.2. The van der Waals surface area contributed by atoms with Crippen LogP contribution in [0.25, 0.3) is 0 Å². The first-order chi connectivity index (χ1) is 12.3. The smallest absolute Gasteiger partial charge is 0.497 e. The number of aryl methyl sites for hydroxylation is 1. The molecule has 2 aromatic carbocycles. The lowest BCUT2D eigenvalue weighted by atomic mass is 10.1. The number of halogens is 3. The summed E-state index contributed by atoms with van der Waals surface area (Å²) in [7, 11) is 2.96. The normalized spacial score (nSPS) is 11.0. The maximum absolute atomic E-state index is 12.4. The summed E-state index contributed by atoms with van der Waals surface area (Å²) in [6, 6.07) is 10.6. The highest BCUT2D eigenvalue weighted by molar-refractivity contribution is 5.92. The number of benzene rings is 2. The van der Waals surface area contributed by atoms with Crippen molar-refractivity contribution in [2.24, 2.45) is 0 Å². The fourth-order valence-corrected chi connectivity index (χ4v) is 2.30. The molecular weight excluding hydrogens is 351 g/mol. The minimum atomic E-state index is -4.78. The molecule has 2 rings (SSSR count). The molecule has 1 amide bonds. The van der Waals surface area contributed by atoms with Gasteiger partial charge in [0.25, 0.3) is 0 Å². The van der Waals surface area contributed by atoms with E-state index in [1.807, 2.05) is 0 Å². The quantitative estimate of drug-likeness (QED) is 0.796. The zero-order chi connectivity index (χ0) is 19.2. The van der Waals surface area contributed by atoms with Crippen LogP contribution >= 0.6 is 0 Å². The van der Waals surface area contributed by atoms with Gasteiger partial charge in [0.2, 0.25) is 5.91 Å². The number of methoxy groups -OCH3 is 2. The van der Waals surface area contributed by atoms with Crippen LogP contribution in [-0.4, -0.2) is 26.5 Å². The summed E-state index contributed by atoms with van der Waals surface area (Å²) in [5, 5.41) is 2.67. The van der Waals surface area contributed by atoms with E-state index in [1.54, 1.807) is 24.3 Å². The maximum atomic E-state index is 12.4. The molecule has 0 spiro atoms. The Morgan fingerprint density at radius 3 is 2.42 bits per heavy atom. The molecule has 0 bridgehead atoms. The third-order valence-corrected chi connectivity index (χ3v) is 3.50. The molecular formula is C18H18F3NO4. The summed E-state index contributed by atoms with van der Waals surface area (Å²) in [5.41, 5.74) is 0.736. The second kappa shape index (κ2) is 8.46. The third-order valence-electron chi connectivity index (χ3n) is 3.50. The largest absolute Gasteiger partial charge is 0.573 e. The Morgan fingerprint density at radius 2 is 1.77 bits per heavy atom. The van der Waals surface area contributed by atoms with E-state index in [0.29, 0.717) is 22.7 Å². The first-order valence-corrected chi connectivity index (χ1v) is 7.68. The van der Waals surface area contributed by atoms with Crippen molar-refractivity contribution in [2.45, 2.75) is 19.2 Å². The van der Waals surface area contributed by atoms with Crippen LogP contribution in [0.15, 0.2) is 42.5 Å². The van der Waals surface area contributed by atoms with Crippen LogP contribution in [0.4, 0.5) is 18.9 Å². The molecule has 8 heteroatoms. The van der Waals surface area contributed by atoms with Gasteiger partial charge in [-0.3, -0.25) is 4.79 Å². The van der Waals surface area contributed by atoms with Crippen molar-refractivity contribution in [1.82, 2.24) is 0 Å². The lowest BCUT2D eigenvalue weighted by Gasteiger charge is -2.14. The Bertz CT molecular complexity index is 762. The predicted molar refractivity (Wildman–Crippen MR) is 89.6 cm³/mol. The van der Waals surface area contributed by atoms with Gasteiger partial charge in [0.05, 0.1) is 19.9 Å². The van der Waals surface area contributed by atoms with E-state index in [1.165, 1.54) is 32.4 Å². The standard InChI is InChI=1S/C18H18F3NO4/c1-24-13-8-9-14(16(11-13)25-2)22-17(23)10-7-12-5-3-4-6-15(12)26-18(19,20)21/h3-6,8-9,11H,7,10H2,1-2H3,(H,22,23). The number of rotatable bonds is 7. The topological polar surface area (TPSA) is 56.8 Å². The number of amides is 1. The summed E-state index contributed by atoms with van der Waals surface area (Å²) in [4.78, 5) is 12.1. The monoisotopic (exact) mass is 369 g/mol. The van der Waals surface area contributed by atoms with Gasteiger partial charge >= 0.3 is 6.36 Å². The van der Waals surface area contributed by atoms with Gasteiger partial charge in [-0.25, -0.2) is 0 Å². The average Bonchev–Trinajstić information content (AvgIpc) is 2.60. The molecule has 2 aromatic rings. The Labute approximate surface area is 148 Å². The van der Waals surface area contributed by atoms with Crippen LogP contribution in [-0.2, 0) is 11.2 Å². The predicted octanol–water partition coefficient (Wildman–Crippen LogP) is 4.17. The second-order valence-corrected chi connectivity index (χ2v) is 5.27. The van der Waals surface area contributed by atoms with Crippen molar-refractivity contribution < 1.29 is 32.2 Å². The molecule has 5 nitrogen and oxygen atoms in total. The Morgan fingerprint density at radius 1 is 1.04 bits per heavy atom. The van der Waals surface area contributed by atoms with Crippen LogP contribution in [0.1, 0.15) is 12.0 Å². The first kappa shape index (κ1) is 19.4. The van der Waals surface area contributed by atoms with Crippen molar-refractivity contribution in [2.75, 3.05) is 19.5 Å². The van der Waals surface area contributed by atoms with Crippen molar-refractivity contribution >= 4 is 11.6 Å². The van der Waals surface area contributed by atoms with Gasteiger partial charge in [-0.1, -0.05) is 18.2 Å². The highest BCUT2D eigenvalue weighted by Crippen LogP contribution is 2.30. The third kappa shape index (κ3) is 5.58. The van der Waals surface area contributed by atoms with Crippen LogP contribution in [0, 0.1) is 0 Å². The Hall–Kier alpha value is -2.90. The van der Waals surface area contributed by atoms with Crippen LogP contribution in [0.5, 0.6) is 17.2 Å². The Kier molecular flexibility index (Phi) is 6.32. The van der Waals surface area contributed by atoms with Gasteiger partial charge < -0.3 is 19.5 Å². The lowest BCUT2D eigenvalue weighted by Crippen LogP contribution is -2.18. The number of hydrogen-bond donors (Lipinski definition) is 1. The van der Waals surface area contributed by atoms with Crippen molar-refractivity contribution in [1.29, 1.82) is 0 Å². The van der Waals surface area contributed by atoms with Crippen LogP contribution in [0.2, 0.25) is 0 Å². The minimum absolute atomic E-state index is 0.0204. The first-order valence-electron chi connectivity index (χ1n) is 7.68. The van der Waals surface area contributed by atoms with E-state index >= 15 is 0 Å². The van der Waals surface area contributed by atoms with E-state index in [-0.39, 0.29) is 24.5 Å². The van der Waals surface area contributed by atoms with E-state index < -0.39 is 6.36 Å². The molecule has 26 heavy (non-hydrogen) atoms. The minimum Gasteiger partial charge on any atom is -0.497 e. The molecule has 0 radical (unpaired) electrons. The zero-order valence-electron chi connectivity index (χ0n) is 14.2. The highest BCUT2D eigenvalue weighted by atomic mass is 19.4. The number of anilines is 1. The van der Waals surface area contributed by atoms with Gasteiger partial charge in [-0.05, 0) is 30.2 Å². The fourth-order valence-electron chi connectivity index (χ4n) is 2.30. The van der Waals surface area contributed by atoms with Crippen LogP contribution in [0.3, 0.4) is 0 Å². The number of ether oxygens (including phenoxy) is 3. The summed E-state index contributed by atoms with van der Waals surface area (Å²) in [6.45, 7) is 0. The number of hydrogen-bond acceptors (Lipinski definition) is 4. The number of alkyl halides is 3. The van der Waals surface area contributed by atoms with Crippen molar-refractivity contribution in [3.63, 3.8) is 0 Å². The lowest BCUT2D eigenvalue weighted by molar-refractivity contribution is -0.274. The van der Waals surface area contributed by atoms with Crippen molar-refractivity contribution in [3.05, 3.63) is 48.0 Å². The molecule has 0 aliphatic carbocycles. The molecule has 0 saturated carbocycles. The molecule has 0 heterocycles. The van der Waals surface area contributed by atoms with E-state index in [4.69, 9.17) is 9.47 Å². The molecule has 0 aliphatic heterocycles. The van der Waals surface area contributed by atoms with Crippen LogP contribution < -0.4 is 19.5 Å². The molecule has 1 N–H and O–H groups in total. The number of carbonyl (C=O) groups is 1. The average molecular weight is 369 g/mol. The summed E-state index contributed by atoms with van der Waals surface area (Å²) in [5.74, 6) is 0.307. The van der Waals surface area contributed by atoms with Crippen molar-refractivity contribution in [3.8, 4) is 17.2 Å². The molecule has 0 unspecified atom stereocenters. The van der Waals surface area contributed by atoms with Gasteiger partial charge in [0.15, 0.2) is 0 Å². The maximum Gasteiger partial charge on any atom is 0.573 e. The SMILES string of the molecule is COc1ccc(NC(=O)CCc2ccccc2OC(F)(F)F)c(OC)c1. The summed E-state index contributed by atoms with van der Waals surface area (Å²) < 4.78 is 51.5. The highest BCUT2D eigenvalue weighted by Gasteiger charge is 2.31. The van der Waals surface area contributed by atoms with E-state index in [0.717, 1.165) is 0 Å². The molecule has 0 atom stereocenters. The molecule has 140 valence electrons. The number of nitrogens with one attached hydrogen (secondary N) is 1. The van der Waals surface area contributed by atoms with Gasteiger partial charge in [-0.15, -0.1) is 13.2 Å². The Balaban J connectivity index is 2.02. The van der Waals surface area contributed by atoms with Gasteiger partial charge in [0, 0.05) is 12.5 Å². The second-order valence-electron chi connectivity index (χ2n) is 5.27. The number of para-hydroxylation sites is 1. The molecule has 0 saturated heterocycles. The summed E-state index contributed by atoms with van der Waals surface area (Å²) in [6.07, 6.45) is -4.71. The molecule has 0 fully saturated rings. The fraction of sp³-hybridized carbons (Fsp3) is 0.278.